The van der Waals surface area contributed by atoms with Gasteiger partial charge in [-0.1, -0.05) is 13.3 Å². The van der Waals surface area contributed by atoms with Gasteiger partial charge in [0.1, 0.15) is 0 Å². The van der Waals surface area contributed by atoms with E-state index in [1.54, 1.807) is 0 Å². The van der Waals surface area contributed by atoms with Crippen LogP contribution in [0.25, 0.3) is 0 Å². The van der Waals surface area contributed by atoms with E-state index in [9.17, 15) is 5.11 Å². The fourth-order valence-corrected chi connectivity index (χ4v) is 2.34. The number of rotatable bonds is 4. The Labute approximate surface area is 85.4 Å². The maximum atomic E-state index is 10.1. The second-order valence-electron chi connectivity index (χ2n) is 4.74. The van der Waals surface area contributed by atoms with Crippen molar-refractivity contribution in [1.82, 2.24) is 0 Å². The van der Waals surface area contributed by atoms with Gasteiger partial charge < -0.3 is 14.6 Å². The van der Waals surface area contributed by atoms with Crippen LogP contribution in [0.4, 0.5) is 0 Å². The zero-order chi connectivity index (χ0) is 10.2. The van der Waals surface area contributed by atoms with Crippen molar-refractivity contribution in [2.75, 3.05) is 13.2 Å². The van der Waals surface area contributed by atoms with E-state index in [1.807, 2.05) is 6.92 Å². The molecule has 2 fully saturated rings. The molecular formula is C11H20O3. The summed E-state index contributed by atoms with van der Waals surface area (Å²) in [5.41, 5.74) is -0.410. The molecule has 0 bridgehead atoms. The quantitative estimate of drug-likeness (QED) is 0.750. The van der Waals surface area contributed by atoms with Crippen molar-refractivity contribution in [2.45, 2.75) is 50.9 Å². The highest BCUT2D eigenvalue weighted by Crippen LogP contribution is 2.49. The lowest BCUT2D eigenvalue weighted by molar-refractivity contribution is -0.152. The molecule has 1 saturated heterocycles. The molecule has 3 heteroatoms. The van der Waals surface area contributed by atoms with Gasteiger partial charge in [-0.05, 0) is 25.7 Å². The summed E-state index contributed by atoms with van der Waals surface area (Å²) in [6, 6.07) is 0. The van der Waals surface area contributed by atoms with Gasteiger partial charge in [0.05, 0.1) is 18.8 Å². The minimum absolute atomic E-state index is 0.410. The van der Waals surface area contributed by atoms with Crippen LogP contribution in [-0.2, 0) is 9.47 Å². The highest BCUT2D eigenvalue weighted by Gasteiger charge is 2.52. The first-order valence-corrected chi connectivity index (χ1v) is 5.58. The molecule has 1 saturated carbocycles. The molecule has 14 heavy (non-hydrogen) atoms. The summed E-state index contributed by atoms with van der Waals surface area (Å²) in [7, 11) is 0. The summed E-state index contributed by atoms with van der Waals surface area (Å²) < 4.78 is 11.0. The van der Waals surface area contributed by atoms with Gasteiger partial charge in [0.15, 0.2) is 5.79 Å². The van der Waals surface area contributed by atoms with Gasteiger partial charge in [0, 0.05) is 6.42 Å². The molecule has 2 atom stereocenters. The second kappa shape index (κ2) is 3.47. The van der Waals surface area contributed by atoms with Gasteiger partial charge in [-0.25, -0.2) is 0 Å². The Bertz CT molecular complexity index is 211. The Hall–Kier alpha value is -0.120. The molecule has 0 spiro atoms. The van der Waals surface area contributed by atoms with Gasteiger partial charge in [-0.3, -0.25) is 0 Å². The zero-order valence-electron chi connectivity index (χ0n) is 9.08. The summed E-state index contributed by atoms with van der Waals surface area (Å²) in [5.74, 6) is 0.0730. The average molecular weight is 200 g/mol. The molecule has 2 aliphatic rings. The predicted molar refractivity (Wildman–Crippen MR) is 52.9 cm³/mol. The molecule has 1 N–H and O–H groups in total. The smallest absolute Gasteiger partial charge is 0.165 e. The third-order valence-electron chi connectivity index (χ3n) is 3.60. The maximum absolute atomic E-state index is 10.1. The van der Waals surface area contributed by atoms with Gasteiger partial charge in [-0.2, -0.15) is 0 Å². The van der Waals surface area contributed by atoms with Crippen molar-refractivity contribution in [3.05, 3.63) is 0 Å². The van der Waals surface area contributed by atoms with Crippen molar-refractivity contribution in [3.63, 3.8) is 0 Å². The Morgan fingerprint density at radius 1 is 1.29 bits per heavy atom. The predicted octanol–water partition coefficient (Wildman–Crippen LogP) is 1.69. The first-order valence-electron chi connectivity index (χ1n) is 5.58. The van der Waals surface area contributed by atoms with Crippen LogP contribution in [0.15, 0.2) is 0 Å². The van der Waals surface area contributed by atoms with E-state index >= 15 is 0 Å². The molecule has 0 aromatic carbocycles. The second-order valence-corrected chi connectivity index (χ2v) is 4.74. The van der Waals surface area contributed by atoms with Crippen LogP contribution in [0.1, 0.15) is 39.5 Å². The van der Waals surface area contributed by atoms with Gasteiger partial charge in [0.2, 0.25) is 0 Å². The fraction of sp³-hybridized carbons (Fsp3) is 1.00. The molecule has 0 radical (unpaired) electrons. The fourth-order valence-electron chi connectivity index (χ4n) is 2.34. The van der Waals surface area contributed by atoms with Crippen molar-refractivity contribution in [3.8, 4) is 0 Å². The van der Waals surface area contributed by atoms with Crippen LogP contribution in [0.2, 0.25) is 0 Å². The highest BCUT2D eigenvalue weighted by molar-refractivity contribution is 5.02. The monoisotopic (exact) mass is 200 g/mol. The number of hydrogen-bond donors (Lipinski definition) is 1. The lowest BCUT2D eigenvalue weighted by Gasteiger charge is -2.23. The van der Waals surface area contributed by atoms with E-state index < -0.39 is 11.4 Å². The summed E-state index contributed by atoms with van der Waals surface area (Å²) in [4.78, 5) is 0. The molecule has 1 heterocycles. The summed E-state index contributed by atoms with van der Waals surface area (Å²) >= 11 is 0. The Balaban J connectivity index is 1.77. The Kier molecular flexibility index (Phi) is 2.58. The molecule has 1 aliphatic carbocycles. The van der Waals surface area contributed by atoms with E-state index in [-0.39, 0.29) is 0 Å². The lowest BCUT2D eigenvalue weighted by Crippen LogP contribution is -2.28. The van der Waals surface area contributed by atoms with E-state index in [1.165, 1.54) is 0 Å². The SMILES string of the molecule is CC[C@H]1C[C@@]1(O)CCC1(C)OCCO1. The lowest BCUT2D eigenvalue weighted by atomic mass is 10.0. The summed E-state index contributed by atoms with van der Waals surface area (Å²) in [6.45, 7) is 5.47. The van der Waals surface area contributed by atoms with Crippen LogP contribution in [-0.4, -0.2) is 29.7 Å². The molecular weight excluding hydrogens is 180 g/mol. The third kappa shape index (κ3) is 1.95. The summed E-state index contributed by atoms with van der Waals surface area (Å²) in [6.07, 6.45) is 3.65. The van der Waals surface area contributed by atoms with E-state index in [0.717, 1.165) is 25.7 Å². The number of hydrogen-bond acceptors (Lipinski definition) is 3. The summed E-state index contributed by atoms with van der Waals surface area (Å²) in [5, 5.41) is 10.1. The topological polar surface area (TPSA) is 38.7 Å². The Morgan fingerprint density at radius 2 is 1.93 bits per heavy atom. The highest BCUT2D eigenvalue weighted by atomic mass is 16.7. The van der Waals surface area contributed by atoms with E-state index in [4.69, 9.17) is 9.47 Å². The molecule has 0 aromatic rings. The van der Waals surface area contributed by atoms with Crippen molar-refractivity contribution in [2.24, 2.45) is 5.92 Å². The molecule has 0 unspecified atom stereocenters. The molecule has 2 rings (SSSR count). The van der Waals surface area contributed by atoms with Crippen molar-refractivity contribution >= 4 is 0 Å². The van der Waals surface area contributed by atoms with Crippen molar-refractivity contribution in [1.29, 1.82) is 0 Å². The van der Waals surface area contributed by atoms with E-state index in [2.05, 4.69) is 6.92 Å². The number of aliphatic hydroxyl groups is 1. The van der Waals surface area contributed by atoms with Gasteiger partial charge >= 0.3 is 0 Å². The molecule has 3 nitrogen and oxygen atoms in total. The van der Waals surface area contributed by atoms with Crippen LogP contribution in [0.3, 0.4) is 0 Å². The molecule has 0 aromatic heterocycles. The first-order chi connectivity index (χ1) is 6.58. The van der Waals surface area contributed by atoms with Gasteiger partial charge in [-0.15, -0.1) is 0 Å². The number of ether oxygens (including phenoxy) is 2. The van der Waals surface area contributed by atoms with E-state index in [0.29, 0.717) is 19.1 Å². The molecule has 0 amide bonds. The van der Waals surface area contributed by atoms with Crippen LogP contribution in [0, 0.1) is 5.92 Å². The molecule has 1 aliphatic heterocycles. The minimum atomic E-state index is -0.434. The van der Waals surface area contributed by atoms with Gasteiger partial charge in [0.25, 0.3) is 0 Å². The average Bonchev–Trinajstić information content (AvgIpc) is 2.62. The maximum Gasteiger partial charge on any atom is 0.165 e. The zero-order valence-corrected chi connectivity index (χ0v) is 9.08. The van der Waals surface area contributed by atoms with Crippen molar-refractivity contribution < 1.29 is 14.6 Å². The molecule has 82 valence electrons. The van der Waals surface area contributed by atoms with Crippen LogP contribution in [0.5, 0.6) is 0 Å². The van der Waals surface area contributed by atoms with Crippen LogP contribution < -0.4 is 0 Å². The van der Waals surface area contributed by atoms with Crippen LogP contribution >= 0.6 is 0 Å². The Morgan fingerprint density at radius 3 is 2.43 bits per heavy atom. The first kappa shape index (κ1) is 10.4. The minimum Gasteiger partial charge on any atom is -0.390 e. The standard InChI is InChI=1S/C11H20O3/c1-3-9-8-11(9,12)5-4-10(2)13-6-7-14-10/h9,12H,3-8H2,1-2H3/t9-,11-/m0/s1. The third-order valence-corrected chi connectivity index (χ3v) is 3.60. The normalized spacial score (nSPS) is 40.1. The largest absolute Gasteiger partial charge is 0.390 e.